The van der Waals surface area contributed by atoms with Crippen molar-refractivity contribution < 1.29 is 18.7 Å². The highest BCUT2D eigenvalue weighted by molar-refractivity contribution is 6.27. The molecular formula is C10H7NO4. The first-order chi connectivity index (χ1) is 7.15. The second-order valence-corrected chi connectivity index (χ2v) is 3.46. The highest BCUT2D eigenvalue weighted by atomic mass is 16.5. The molecule has 0 radical (unpaired) electrons. The van der Waals surface area contributed by atoms with Gasteiger partial charge >= 0.3 is 5.97 Å². The molecule has 3 rings (SSSR count). The summed E-state index contributed by atoms with van der Waals surface area (Å²) in [6, 6.07) is 0. The minimum absolute atomic E-state index is 0.240. The predicted molar refractivity (Wildman–Crippen MR) is 51.4 cm³/mol. The Balaban J connectivity index is 2.40. The molecule has 1 N–H and O–H groups in total. The van der Waals surface area contributed by atoms with E-state index in [1.54, 1.807) is 6.92 Å². The number of nitrogens with one attached hydrogen (secondary N) is 1. The number of amides is 1. The molecule has 0 aliphatic carbocycles. The number of fused-ring (bicyclic) bond motifs is 1. The number of anilines is 1. The average Bonchev–Trinajstić information content (AvgIpc) is 2.80. The first-order valence-electron chi connectivity index (χ1n) is 4.43. The number of methoxy groups -OCH3 is 1. The second-order valence-electron chi connectivity index (χ2n) is 3.46. The molecule has 1 aliphatic heterocycles. The third-order valence-corrected chi connectivity index (χ3v) is 2.71. The molecule has 1 aliphatic rings. The van der Waals surface area contributed by atoms with Crippen LogP contribution in [-0.2, 0) is 4.74 Å². The zero-order valence-corrected chi connectivity index (χ0v) is 8.13. The van der Waals surface area contributed by atoms with Gasteiger partial charge < -0.3 is 14.5 Å². The molecule has 0 aromatic carbocycles. The lowest BCUT2D eigenvalue weighted by atomic mass is 10.1. The molecule has 2 aromatic heterocycles. The number of hydrogen-bond acceptors (Lipinski definition) is 4. The number of ether oxygens (including phenoxy) is 1. The van der Waals surface area contributed by atoms with Crippen LogP contribution in [-0.4, -0.2) is 19.0 Å². The van der Waals surface area contributed by atoms with Crippen molar-refractivity contribution in [3.63, 3.8) is 0 Å². The van der Waals surface area contributed by atoms with Gasteiger partial charge in [-0.05, 0) is 6.92 Å². The van der Waals surface area contributed by atoms with E-state index in [1.165, 1.54) is 7.11 Å². The maximum atomic E-state index is 11.5. The Morgan fingerprint density at radius 3 is 2.80 bits per heavy atom. The molecule has 0 atom stereocenters. The molecule has 2 bridgehead atoms. The van der Waals surface area contributed by atoms with Crippen LogP contribution in [0.5, 0.6) is 0 Å². The van der Waals surface area contributed by atoms with Gasteiger partial charge in [-0.2, -0.15) is 0 Å². The Labute approximate surface area is 84.3 Å². The van der Waals surface area contributed by atoms with Crippen LogP contribution >= 0.6 is 0 Å². The van der Waals surface area contributed by atoms with E-state index in [-0.39, 0.29) is 11.5 Å². The summed E-state index contributed by atoms with van der Waals surface area (Å²) < 4.78 is 10.00. The Bertz CT molecular complexity index is 596. The van der Waals surface area contributed by atoms with E-state index < -0.39 is 5.97 Å². The Morgan fingerprint density at radius 2 is 2.13 bits per heavy atom. The summed E-state index contributed by atoms with van der Waals surface area (Å²) in [5, 5.41) is 2.66. The van der Waals surface area contributed by atoms with Crippen molar-refractivity contribution in [2.24, 2.45) is 0 Å². The highest BCUT2D eigenvalue weighted by Gasteiger charge is 2.38. The van der Waals surface area contributed by atoms with Crippen molar-refractivity contribution in [2.45, 2.75) is 6.92 Å². The van der Waals surface area contributed by atoms with Crippen LogP contribution in [0.2, 0.25) is 0 Å². The van der Waals surface area contributed by atoms with Gasteiger partial charge in [-0.15, -0.1) is 0 Å². The van der Waals surface area contributed by atoms with Crippen LogP contribution in [0.15, 0.2) is 4.42 Å². The van der Waals surface area contributed by atoms with Gasteiger partial charge in [-0.25, -0.2) is 4.79 Å². The summed E-state index contributed by atoms with van der Waals surface area (Å²) in [7, 11) is 1.28. The lowest BCUT2D eigenvalue weighted by Gasteiger charge is -1.97. The van der Waals surface area contributed by atoms with Crippen LogP contribution in [0.3, 0.4) is 0 Å². The van der Waals surface area contributed by atoms with Gasteiger partial charge in [0.25, 0.3) is 5.91 Å². The fraction of sp³-hybridized carbons (Fsp3) is 0.200. The Kier molecular flexibility index (Phi) is 1.27. The highest BCUT2D eigenvalue weighted by Crippen LogP contribution is 2.44. The van der Waals surface area contributed by atoms with E-state index in [0.717, 1.165) is 5.56 Å². The molecule has 5 heteroatoms. The van der Waals surface area contributed by atoms with Gasteiger partial charge in [0.2, 0.25) is 0 Å². The fourth-order valence-corrected chi connectivity index (χ4v) is 2.00. The van der Waals surface area contributed by atoms with Gasteiger partial charge in [-0.1, -0.05) is 0 Å². The van der Waals surface area contributed by atoms with Crippen molar-refractivity contribution >= 4 is 28.7 Å². The predicted octanol–water partition coefficient (Wildman–Crippen LogP) is 1.53. The van der Waals surface area contributed by atoms with Gasteiger partial charge in [-0.3, -0.25) is 4.79 Å². The number of rotatable bonds is 1. The maximum absolute atomic E-state index is 11.5. The molecule has 15 heavy (non-hydrogen) atoms. The summed E-state index contributed by atoms with van der Waals surface area (Å²) >= 11 is 0. The maximum Gasteiger partial charge on any atom is 0.342 e. The van der Waals surface area contributed by atoms with Crippen LogP contribution in [0.1, 0.15) is 26.3 Å². The molecule has 0 spiro atoms. The molecule has 76 valence electrons. The summed E-state index contributed by atoms with van der Waals surface area (Å²) in [4.78, 5) is 23.0. The van der Waals surface area contributed by atoms with Crippen molar-refractivity contribution in [3.05, 3.63) is 16.7 Å². The first-order valence-corrected chi connectivity index (χ1v) is 4.43. The van der Waals surface area contributed by atoms with Crippen LogP contribution in [0.4, 0.5) is 5.69 Å². The largest absolute Gasteiger partial charge is 0.465 e. The number of carbonyl (C=O) groups excluding carboxylic acids is 2. The monoisotopic (exact) mass is 205 g/mol. The number of hydrogen-bond donors (Lipinski definition) is 1. The minimum atomic E-state index is -0.537. The quantitative estimate of drug-likeness (QED) is 0.717. The van der Waals surface area contributed by atoms with Crippen LogP contribution in [0.25, 0.3) is 11.2 Å². The third-order valence-electron chi connectivity index (χ3n) is 2.71. The second kappa shape index (κ2) is 2.31. The van der Waals surface area contributed by atoms with E-state index in [2.05, 4.69) is 10.1 Å². The molecule has 0 saturated heterocycles. The normalized spacial score (nSPS) is 13.6. The van der Waals surface area contributed by atoms with E-state index >= 15 is 0 Å². The molecule has 2 aromatic rings. The summed E-state index contributed by atoms with van der Waals surface area (Å²) in [6.45, 7) is 1.79. The van der Waals surface area contributed by atoms with Crippen LogP contribution < -0.4 is 5.32 Å². The standard InChI is InChI=1S/C10H7NO4/c1-3-6-8-4(9(12)11-6)5(7(3)15-8)10(13)14-2/h1-2H3,(H,11,12). The van der Waals surface area contributed by atoms with Gasteiger partial charge in [0.05, 0.1) is 12.8 Å². The molecule has 1 amide bonds. The van der Waals surface area contributed by atoms with E-state index in [9.17, 15) is 9.59 Å². The Hall–Kier alpha value is -2.04. The summed E-state index contributed by atoms with van der Waals surface area (Å²) in [6.07, 6.45) is 0. The first kappa shape index (κ1) is 8.28. The molecule has 0 fully saturated rings. The summed E-state index contributed by atoms with van der Waals surface area (Å²) in [5.41, 5.74) is 2.91. The van der Waals surface area contributed by atoms with E-state index in [0.29, 0.717) is 22.4 Å². The molecule has 0 unspecified atom stereocenters. The van der Waals surface area contributed by atoms with E-state index in [4.69, 9.17) is 4.42 Å². The average molecular weight is 205 g/mol. The van der Waals surface area contributed by atoms with E-state index in [1.807, 2.05) is 0 Å². The molecule has 3 heterocycles. The van der Waals surface area contributed by atoms with Crippen molar-refractivity contribution in [3.8, 4) is 0 Å². The third kappa shape index (κ3) is 0.743. The lowest BCUT2D eigenvalue weighted by molar-refractivity contribution is 0.0599. The summed E-state index contributed by atoms with van der Waals surface area (Å²) in [5.74, 6) is -0.835. The minimum Gasteiger partial charge on any atom is -0.465 e. The zero-order valence-electron chi connectivity index (χ0n) is 8.13. The topological polar surface area (TPSA) is 68.5 Å². The van der Waals surface area contributed by atoms with Gasteiger partial charge in [0.15, 0.2) is 5.58 Å². The van der Waals surface area contributed by atoms with Gasteiger partial charge in [0, 0.05) is 5.56 Å². The zero-order chi connectivity index (χ0) is 10.7. The molecule has 5 nitrogen and oxygen atoms in total. The van der Waals surface area contributed by atoms with Gasteiger partial charge in [0.1, 0.15) is 16.7 Å². The van der Waals surface area contributed by atoms with Crippen molar-refractivity contribution in [1.29, 1.82) is 0 Å². The smallest absolute Gasteiger partial charge is 0.342 e. The number of benzene rings is 1. The SMILES string of the molecule is COC(=O)c1c2c3oc1c(C)c3NC2=O. The lowest BCUT2D eigenvalue weighted by Crippen LogP contribution is -2.09. The fourth-order valence-electron chi connectivity index (χ4n) is 2.00. The van der Waals surface area contributed by atoms with Crippen molar-refractivity contribution in [1.82, 2.24) is 0 Å². The molecular weight excluding hydrogens is 198 g/mol. The molecule has 0 saturated carbocycles. The Morgan fingerprint density at radius 1 is 1.40 bits per heavy atom. The number of furan rings is 2. The number of aryl methyl sites for hydroxylation is 1. The van der Waals surface area contributed by atoms with Crippen molar-refractivity contribution in [2.75, 3.05) is 12.4 Å². The number of carbonyl (C=O) groups is 2. The number of esters is 1. The van der Waals surface area contributed by atoms with Crippen LogP contribution in [0, 0.1) is 6.92 Å².